The minimum atomic E-state index is -0.456. The number of hydrogen-bond acceptors (Lipinski definition) is 7. The van der Waals surface area contributed by atoms with Crippen LogP contribution in [-0.4, -0.2) is 65.0 Å². The molecular formula is C20H27N5O5S. The van der Waals surface area contributed by atoms with Gasteiger partial charge in [0.2, 0.25) is 0 Å². The number of aromatic nitrogens is 2. The lowest BCUT2D eigenvalue weighted by atomic mass is 9.96. The number of benzene rings is 1. The number of ether oxygens (including phenoxy) is 3. The number of rotatable bonds is 9. The monoisotopic (exact) mass is 449 g/mol. The van der Waals surface area contributed by atoms with Crippen molar-refractivity contribution in [3.63, 3.8) is 0 Å². The van der Waals surface area contributed by atoms with E-state index in [0.717, 1.165) is 31.8 Å². The molecule has 10 nitrogen and oxygen atoms in total. The molecule has 1 aliphatic heterocycles. The van der Waals surface area contributed by atoms with Gasteiger partial charge in [-0.05, 0) is 31.1 Å². The first-order valence-electron chi connectivity index (χ1n) is 9.99. The van der Waals surface area contributed by atoms with Crippen molar-refractivity contribution < 1.29 is 19.1 Å². The molecule has 31 heavy (non-hydrogen) atoms. The highest BCUT2D eigenvalue weighted by Crippen LogP contribution is 2.31. The molecule has 1 saturated heterocycles. The second-order valence-electron chi connectivity index (χ2n) is 7.12. The molecule has 0 amide bonds. The van der Waals surface area contributed by atoms with Gasteiger partial charge in [0, 0.05) is 44.6 Å². The maximum Gasteiger partial charge on any atom is 0.273 e. The predicted molar refractivity (Wildman–Crippen MR) is 119 cm³/mol. The number of likely N-dealkylation sites (tertiary alicyclic amines) is 1. The summed E-state index contributed by atoms with van der Waals surface area (Å²) < 4.78 is 17.9. The van der Waals surface area contributed by atoms with E-state index in [4.69, 9.17) is 26.4 Å². The maximum absolute atomic E-state index is 11.0. The maximum atomic E-state index is 11.0. The van der Waals surface area contributed by atoms with E-state index in [1.165, 1.54) is 19.2 Å². The molecule has 0 atom stereocenters. The third kappa shape index (κ3) is 5.90. The minimum Gasteiger partial charge on any atom is -0.494 e. The lowest BCUT2D eigenvalue weighted by Gasteiger charge is -2.33. The van der Waals surface area contributed by atoms with Crippen LogP contribution in [0.3, 0.4) is 0 Å². The van der Waals surface area contributed by atoms with Crippen molar-refractivity contribution in [3.8, 4) is 5.75 Å². The van der Waals surface area contributed by atoms with Gasteiger partial charge in [0.1, 0.15) is 18.3 Å². The average molecular weight is 450 g/mol. The molecule has 1 aromatic carbocycles. The zero-order chi connectivity index (χ0) is 22.2. The first-order valence-corrected chi connectivity index (χ1v) is 10.4. The lowest BCUT2D eigenvalue weighted by Crippen LogP contribution is -2.40. The van der Waals surface area contributed by atoms with Gasteiger partial charge in [-0.1, -0.05) is 0 Å². The number of nitrogens with one attached hydrogen (secondary N) is 1. The summed E-state index contributed by atoms with van der Waals surface area (Å²) in [5.41, 5.74) is 0.569. The smallest absolute Gasteiger partial charge is 0.273 e. The topological polar surface area (TPSA) is 104 Å². The predicted octanol–water partition coefficient (Wildman–Crippen LogP) is 3.00. The summed E-state index contributed by atoms with van der Waals surface area (Å²) in [6.07, 6.45) is 5.55. The van der Waals surface area contributed by atoms with Crippen LogP contribution in [0, 0.1) is 10.1 Å². The Morgan fingerprint density at radius 3 is 2.77 bits per heavy atom. The van der Waals surface area contributed by atoms with Crippen LogP contribution in [0.2, 0.25) is 0 Å². The number of anilines is 1. The van der Waals surface area contributed by atoms with Gasteiger partial charge in [-0.25, -0.2) is 4.98 Å². The van der Waals surface area contributed by atoms with E-state index in [0.29, 0.717) is 42.4 Å². The fraction of sp³-hybridized carbons (Fsp3) is 0.500. The summed E-state index contributed by atoms with van der Waals surface area (Å²) in [6, 6.07) is 4.41. The highest BCUT2D eigenvalue weighted by Gasteiger charge is 2.25. The fourth-order valence-corrected chi connectivity index (χ4v) is 3.82. The molecule has 0 unspecified atom stereocenters. The molecule has 1 fully saturated rings. The SMILES string of the molecule is COCCOCn1ccnc1C1CCN(C(=S)Nc2ccc([N+](=O)[O-])cc2OC)CC1. The first kappa shape index (κ1) is 22.9. The fourth-order valence-electron chi connectivity index (χ4n) is 3.53. The zero-order valence-electron chi connectivity index (χ0n) is 17.7. The van der Waals surface area contributed by atoms with E-state index in [1.807, 2.05) is 10.8 Å². The molecule has 0 saturated carbocycles. The van der Waals surface area contributed by atoms with Gasteiger partial charge in [-0.3, -0.25) is 10.1 Å². The largest absolute Gasteiger partial charge is 0.494 e. The third-order valence-electron chi connectivity index (χ3n) is 5.19. The van der Waals surface area contributed by atoms with Crippen molar-refractivity contribution in [1.82, 2.24) is 14.5 Å². The molecule has 0 radical (unpaired) electrons. The van der Waals surface area contributed by atoms with Gasteiger partial charge in [0.05, 0.1) is 37.0 Å². The molecule has 0 bridgehead atoms. The number of non-ortho nitro benzene ring substituents is 1. The van der Waals surface area contributed by atoms with Crippen LogP contribution in [0.15, 0.2) is 30.6 Å². The van der Waals surface area contributed by atoms with Gasteiger partial charge in [-0.15, -0.1) is 0 Å². The Kier molecular flexibility index (Phi) is 8.15. The van der Waals surface area contributed by atoms with Crippen LogP contribution < -0.4 is 10.1 Å². The normalized spacial score (nSPS) is 14.5. The van der Waals surface area contributed by atoms with E-state index < -0.39 is 4.92 Å². The van der Waals surface area contributed by atoms with Crippen molar-refractivity contribution in [2.24, 2.45) is 0 Å². The Morgan fingerprint density at radius 1 is 1.32 bits per heavy atom. The van der Waals surface area contributed by atoms with Crippen LogP contribution in [-0.2, 0) is 16.2 Å². The molecule has 168 valence electrons. The van der Waals surface area contributed by atoms with Crippen molar-refractivity contribution >= 4 is 28.7 Å². The van der Waals surface area contributed by atoms with Crippen molar-refractivity contribution in [2.75, 3.05) is 45.8 Å². The Morgan fingerprint density at radius 2 is 2.10 bits per heavy atom. The molecule has 1 aliphatic rings. The number of nitrogens with zero attached hydrogens (tertiary/aromatic N) is 4. The van der Waals surface area contributed by atoms with Crippen molar-refractivity contribution in [2.45, 2.75) is 25.5 Å². The van der Waals surface area contributed by atoms with Crippen molar-refractivity contribution in [1.29, 1.82) is 0 Å². The van der Waals surface area contributed by atoms with E-state index in [1.54, 1.807) is 19.4 Å². The number of methoxy groups -OCH3 is 2. The van der Waals surface area contributed by atoms with Gasteiger partial charge in [-0.2, -0.15) is 0 Å². The Labute approximate surface area is 186 Å². The van der Waals surface area contributed by atoms with E-state index in [9.17, 15) is 10.1 Å². The standard InChI is InChI=1S/C20H27N5O5S/c1-28-11-12-30-14-24-10-7-21-19(24)15-5-8-23(9-6-15)20(31)22-17-4-3-16(25(26)27)13-18(17)29-2/h3-4,7,10,13,15H,5-6,8-9,11-12,14H2,1-2H3,(H,22,31). The quantitative estimate of drug-likeness (QED) is 0.268. The van der Waals surface area contributed by atoms with Crippen LogP contribution in [0.5, 0.6) is 5.75 Å². The van der Waals surface area contributed by atoms with Crippen LogP contribution in [0.1, 0.15) is 24.6 Å². The molecule has 0 spiro atoms. The summed E-state index contributed by atoms with van der Waals surface area (Å²) >= 11 is 5.57. The summed E-state index contributed by atoms with van der Waals surface area (Å²) in [5.74, 6) is 1.73. The number of hydrogen-bond donors (Lipinski definition) is 1. The molecular weight excluding hydrogens is 422 g/mol. The highest BCUT2D eigenvalue weighted by molar-refractivity contribution is 7.80. The van der Waals surface area contributed by atoms with E-state index in [2.05, 4.69) is 15.2 Å². The van der Waals surface area contributed by atoms with E-state index >= 15 is 0 Å². The summed E-state index contributed by atoms with van der Waals surface area (Å²) in [5, 5.41) is 14.7. The van der Waals surface area contributed by atoms with Crippen LogP contribution >= 0.6 is 12.2 Å². The molecule has 1 aromatic heterocycles. The molecule has 2 aromatic rings. The molecule has 0 aliphatic carbocycles. The Bertz CT molecular complexity index is 898. The van der Waals surface area contributed by atoms with Gasteiger partial charge in [0.15, 0.2) is 5.11 Å². The van der Waals surface area contributed by atoms with Crippen LogP contribution in [0.4, 0.5) is 11.4 Å². The Balaban J connectivity index is 1.55. The van der Waals surface area contributed by atoms with Gasteiger partial charge < -0.3 is 29.0 Å². The van der Waals surface area contributed by atoms with Crippen LogP contribution in [0.25, 0.3) is 0 Å². The number of nitro groups is 1. The minimum absolute atomic E-state index is 0.0316. The van der Waals surface area contributed by atoms with Gasteiger partial charge in [0.25, 0.3) is 5.69 Å². The molecule has 11 heteroatoms. The lowest BCUT2D eigenvalue weighted by molar-refractivity contribution is -0.384. The van der Waals surface area contributed by atoms with Crippen molar-refractivity contribution in [3.05, 3.63) is 46.5 Å². The summed E-state index contributed by atoms with van der Waals surface area (Å²) in [7, 11) is 3.12. The zero-order valence-corrected chi connectivity index (χ0v) is 18.5. The first-order chi connectivity index (χ1) is 15.0. The van der Waals surface area contributed by atoms with E-state index in [-0.39, 0.29) is 5.69 Å². The van der Waals surface area contributed by atoms with Gasteiger partial charge >= 0.3 is 0 Å². The molecule has 1 N–H and O–H groups in total. The number of thiocarbonyl (C=S) groups is 1. The number of imidazole rings is 1. The summed E-state index contributed by atoms with van der Waals surface area (Å²) in [4.78, 5) is 17.1. The highest BCUT2D eigenvalue weighted by atomic mass is 32.1. The third-order valence-corrected chi connectivity index (χ3v) is 5.55. The number of nitro benzene ring substituents is 1. The molecule has 3 rings (SSSR count). The molecule has 2 heterocycles. The summed E-state index contributed by atoms with van der Waals surface area (Å²) in [6.45, 7) is 3.12. The second-order valence-corrected chi connectivity index (χ2v) is 7.51. The number of piperidine rings is 1. The second kappa shape index (κ2) is 11.0. The average Bonchev–Trinajstić information content (AvgIpc) is 3.25. The Hall–Kier alpha value is -2.76.